The lowest BCUT2D eigenvalue weighted by Gasteiger charge is -2.13. The minimum Gasteiger partial charge on any atom is -0.481 e. The SMILES string of the molecule is COc1cccc(CNC(C)CCc2ccco2)n1. The minimum absolute atomic E-state index is 0.415. The molecule has 2 rings (SSSR count). The third-order valence-electron chi connectivity index (χ3n) is 3.03. The van der Waals surface area contributed by atoms with Crippen molar-refractivity contribution in [2.24, 2.45) is 0 Å². The zero-order valence-corrected chi connectivity index (χ0v) is 11.4. The van der Waals surface area contributed by atoms with Crippen LogP contribution in [-0.4, -0.2) is 18.1 Å². The number of pyridine rings is 1. The van der Waals surface area contributed by atoms with Gasteiger partial charge in [0.25, 0.3) is 0 Å². The lowest BCUT2D eigenvalue weighted by molar-refractivity contribution is 0.394. The van der Waals surface area contributed by atoms with Crippen LogP contribution in [-0.2, 0) is 13.0 Å². The summed E-state index contributed by atoms with van der Waals surface area (Å²) in [6, 6.07) is 10.1. The van der Waals surface area contributed by atoms with E-state index in [2.05, 4.69) is 17.2 Å². The molecule has 0 amide bonds. The lowest BCUT2D eigenvalue weighted by Crippen LogP contribution is -2.26. The highest BCUT2D eigenvalue weighted by Gasteiger charge is 2.05. The van der Waals surface area contributed by atoms with E-state index in [0.29, 0.717) is 11.9 Å². The Balaban J connectivity index is 1.74. The molecule has 19 heavy (non-hydrogen) atoms. The Morgan fingerprint density at radius 1 is 1.32 bits per heavy atom. The van der Waals surface area contributed by atoms with Gasteiger partial charge in [-0.3, -0.25) is 0 Å². The Morgan fingerprint density at radius 3 is 2.95 bits per heavy atom. The van der Waals surface area contributed by atoms with Crippen molar-refractivity contribution in [2.45, 2.75) is 32.4 Å². The number of hydrogen-bond donors (Lipinski definition) is 1. The Kier molecular flexibility index (Phi) is 4.98. The summed E-state index contributed by atoms with van der Waals surface area (Å²) in [5.74, 6) is 1.69. The monoisotopic (exact) mass is 260 g/mol. The van der Waals surface area contributed by atoms with Gasteiger partial charge in [-0.25, -0.2) is 4.98 Å². The first-order valence-electron chi connectivity index (χ1n) is 6.53. The standard InChI is InChI=1S/C15H20N2O2/c1-12(8-9-14-6-4-10-19-14)16-11-13-5-3-7-15(17-13)18-2/h3-7,10,12,16H,8-9,11H2,1-2H3. The maximum Gasteiger partial charge on any atom is 0.213 e. The number of furan rings is 1. The van der Waals surface area contributed by atoms with Crippen LogP contribution in [0.3, 0.4) is 0 Å². The zero-order chi connectivity index (χ0) is 13.5. The first kappa shape index (κ1) is 13.6. The number of methoxy groups -OCH3 is 1. The molecule has 0 saturated heterocycles. The summed E-state index contributed by atoms with van der Waals surface area (Å²) in [5, 5.41) is 3.45. The quantitative estimate of drug-likeness (QED) is 0.831. The van der Waals surface area contributed by atoms with Gasteiger partial charge in [-0.1, -0.05) is 6.07 Å². The molecule has 0 radical (unpaired) electrons. The van der Waals surface area contributed by atoms with Gasteiger partial charge >= 0.3 is 0 Å². The average Bonchev–Trinajstić information content (AvgIpc) is 2.96. The third kappa shape index (κ3) is 4.41. The van der Waals surface area contributed by atoms with Gasteiger partial charge in [-0.05, 0) is 31.5 Å². The fourth-order valence-electron chi connectivity index (χ4n) is 1.86. The Bertz CT molecular complexity index is 483. The van der Waals surface area contributed by atoms with Crippen molar-refractivity contribution in [3.05, 3.63) is 48.0 Å². The van der Waals surface area contributed by atoms with E-state index in [-0.39, 0.29) is 0 Å². The fraction of sp³-hybridized carbons (Fsp3) is 0.400. The van der Waals surface area contributed by atoms with Crippen LogP contribution in [0, 0.1) is 0 Å². The molecule has 2 heterocycles. The van der Waals surface area contributed by atoms with Crippen LogP contribution in [0.4, 0.5) is 0 Å². The van der Waals surface area contributed by atoms with Gasteiger partial charge in [0.15, 0.2) is 0 Å². The Morgan fingerprint density at radius 2 is 2.21 bits per heavy atom. The molecule has 2 aromatic rings. The van der Waals surface area contributed by atoms with Crippen LogP contribution in [0.5, 0.6) is 5.88 Å². The number of aromatic nitrogens is 1. The van der Waals surface area contributed by atoms with Gasteiger partial charge in [0, 0.05) is 25.1 Å². The number of aryl methyl sites for hydroxylation is 1. The molecule has 0 aliphatic heterocycles. The van der Waals surface area contributed by atoms with Gasteiger partial charge in [0.1, 0.15) is 5.76 Å². The highest BCUT2D eigenvalue weighted by atomic mass is 16.5. The molecule has 1 unspecified atom stereocenters. The summed E-state index contributed by atoms with van der Waals surface area (Å²) < 4.78 is 10.4. The van der Waals surface area contributed by atoms with Crippen molar-refractivity contribution in [1.29, 1.82) is 0 Å². The molecule has 0 spiro atoms. The average molecular weight is 260 g/mol. The number of hydrogen-bond acceptors (Lipinski definition) is 4. The lowest BCUT2D eigenvalue weighted by atomic mass is 10.1. The van der Waals surface area contributed by atoms with Crippen molar-refractivity contribution in [3.8, 4) is 5.88 Å². The van der Waals surface area contributed by atoms with Crippen molar-refractivity contribution in [2.75, 3.05) is 7.11 Å². The molecule has 0 aliphatic carbocycles. The van der Waals surface area contributed by atoms with Crippen LogP contribution < -0.4 is 10.1 Å². The smallest absolute Gasteiger partial charge is 0.213 e. The summed E-state index contributed by atoms with van der Waals surface area (Å²) in [4.78, 5) is 4.37. The van der Waals surface area contributed by atoms with Gasteiger partial charge in [0.2, 0.25) is 5.88 Å². The van der Waals surface area contributed by atoms with Gasteiger partial charge in [-0.15, -0.1) is 0 Å². The number of nitrogens with zero attached hydrogens (tertiary/aromatic N) is 1. The molecular weight excluding hydrogens is 240 g/mol. The molecule has 4 nitrogen and oxygen atoms in total. The number of ether oxygens (including phenoxy) is 1. The van der Waals surface area contributed by atoms with Crippen LogP contribution in [0.15, 0.2) is 41.0 Å². The maximum absolute atomic E-state index is 5.32. The highest BCUT2D eigenvalue weighted by Crippen LogP contribution is 2.08. The van der Waals surface area contributed by atoms with Crippen LogP contribution in [0.2, 0.25) is 0 Å². The zero-order valence-electron chi connectivity index (χ0n) is 11.4. The largest absolute Gasteiger partial charge is 0.481 e. The number of rotatable bonds is 7. The van der Waals surface area contributed by atoms with E-state index in [1.165, 1.54) is 0 Å². The van der Waals surface area contributed by atoms with Crippen molar-refractivity contribution >= 4 is 0 Å². The minimum atomic E-state index is 0.415. The second kappa shape index (κ2) is 6.95. The second-order valence-electron chi connectivity index (χ2n) is 4.57. The molecule has 2 aromatic heterocycles. The molecule has 1 atom stereocenters. The molecule has 0 aliphatic rings. The summed E-state index contributed by atoms with van der Waals surface area (Å²) in [5.41, 5.74) is 0.990. The predicted molar refractivity (Wildman–Crippen MR) is 74.1 cm³/mol. The summed E-state index contributed by atoms with van der Waals surface area (Å²) in [6.45, 7) is 2.92. The van der Waals surface area contributed by atoms with E-state index in [4.69, 9.17) is 9.15 Å². The third-order valence-corrected chi connectivity index (χ3v) is 3.03. The highest BCUT2D eigenvalue weighted by molar-refractivity contribution is 5.15. The van der Waals surface area contributed by atoms with Crippen molar-refractivity contribution in [1.82, 2.24) is 10.3 Å². The summed E-state index contributed by atoms with van der Waals surface area (Å²) in [7, 11) is 1.63. The first-order valence-corrected chi connectivity index (χ1v) is 6.53. The number of nitrogens with one attached hydrogen (secondary N) is 1. The molecule has 0 bridgehead atoms. The Hall–Kier alpha value is -1.81. The van der Waals surface area contributed by atoms with E-state index < -0.39 is 0 Å². The topological polar surface area (TPSA) is 47.3 Å². The maximum atomic E-state index is 5.32. The van der Waals surface area contributed by atoms with Crippen LogP contribution in [0.1, 0.15) is 24.8 Å². The molecule has 0 saturated carbocycles. The fourth-order valence-corrected chi connectivity index (χ4v) is 1.86. The molecule has 102 valence electrons. The molecule has 1 N–H and O–H groups in total. The van der Waals surface area contributed by atoms with Gasteiger partial charge < -0.3 is 14.5 Å². The van der Waals surface area contributed by atoms with E-state index >= 15 is 0 Å². The molecule has 0 aromatic carbocycles. The van der Waals surface area contributed by atoms with Crippen molar-refractivity contribution in [3.63, 3.8) is 0 Å². The normalized spacial score (nSPS) is 12.3. The van der Waals surface area contributed by atoms with Crippen LogP contribution >= 0.6 is 0 Å². The molecular formula is C15H20N2O2. The molecule has 0 fully saturated rings. The second-order valence-corrected chi connectivity index (χ2v) is 4.57. The van der Waals surface area contributed by atoms with Gasteiger partial charge in [-0.2, -0.15) is 0 Å². The van der Waals surface area contributed by atoms with Gasteiger partial charge in [0.05, 0.1) is 19.1 Å². The first-order chi connectivity index (χ1) is 9.28. The van der Waals surface area contributed by atoms with E-state index in [1.807, 2.05) is 30.3 Å². The summed E-state index contributed by atoms with van der Waals surface area (Å²) in [6.07, 6.45) is 3.71. The van der Waals surface area contributed by atoms with Crippen LogP contribution in [0.25, 0.3) is 0 Å². The Labute approximate surface area is 113 Å². The predicted octanol–water partition coefficient (Wildman–Crippen LogP) is 2.79. The summed E-state index contributed by atoms with van der Waals surface area (Å²) >= 11 is 0. The van der Waals surface area contributed by atoms with Crippen molar-refractivity contribution < 1.29 is 9.15 Å². The van der Waals surface area contributed by atoms with E-state index in [1.54, 1.807) is 13.4 Å². The molecule has 4 heteroatoms. The van der Waals surface area contributed by atoms with E-state index in [9.17, 15) is 0 Å². The van der Waals surface area contributed by atoms with E-state index in [0.717, 1.165) is 30.8 Å².